The normalized spacial score (nSPS) is 11.1. The molecule has 0 aliphatic heterocycles. The van der Waals surface area contributed by atoms with Gasteiger partial charge in [-0.05, 0) is 42.6 Å². The first-order valence-corrected chi connectivity index (χ1v) is 7.10. The molecule has 0 aliphatic carbocycles. The fraction of sp³-hybridized carbons (Fsp3) is 0.214. The first-order chi connectivity index (χ1) is 9.95. The van der Waals surface area contributed by atoms with Crippen molar-refractivity contribution in [2.45, 2.75) is 13.8 Å². The third-order valence-electron chi connectivity index (χ3n) is 3.20. The van der Waals surface area contributed by atoms with Crippen LogP contribution in [0.15, 0.2) is 18.3 Å². The van der Waals surface area contributed by atoms with E-state index in [2.05, 4.69) is 20.4 Å². The van der Waals surface area contributed by atoms with Crippen molar-refractivity contribution in [3.8, 4) is 0 Å². The second-order valence-corrected chi connectivity index (χ2v) is 5.63. The van der Waals surface area contributed by atoms with E-state index in [4.69, 9.17) is 23.2 Å². The molecule has 0 saturated heterocycles. The number of nitrogens with one attached hydrogen (secondary N) is 1. The van der Waals surface area contributed by atoms with Gasteiger partial charge >= 0.3 is 0 Å². The van der Waals surface area contributed by atoms with Crippen LogP contribution >= 0.6 is 23.2 Å². The third kappa shape index (κ3) is 2.54. The molecule has 0 amide bonds. The Bertz CT molecular complexity index is 841. The summed E-state index contributed by atoms with van der Waals surface area (Å²) in [6, 6.07) is 4.01. The summed E-state index contributed by atoms with van der Waals surface area (Å²) in [6.45, 7) is 3.99. The monoisotopic (exact) mass is 321 g/mol. The summed E-state index contributed by atoms with van der Waals surface area (Å²) < 4.78 is 1.65. The average molecular weight is 322 g/mol. The van der Waals surface area contributed by atoms with Crippen LogP contribution in [0.2, 0.25) is 10.3 Å². The highest BCUT2D eigenvalue weighted by Gasteiger charge is 2.13. The van der Waals surface area contributed by atoms with Crippen LogP contribution in [-0.4, -0.2) is 19.7 Å². The van der Waals surface area contributed by atoms with Gasteiger partial charge in [-0.2, -0.15) is 10.1 Å². The number of rotatable bonds is 2. The maximum Gasteiger partial charge on any atom is 0.224 e. The Morgan fingerprint density at radius 3 is 2.71 bits per heavy atom. The van der Waals surface area contributed by atoms with Gasteiger partial charge < -0.3 is 5.32 Å². The zero-order valence-electron chi connectivity index (χ0n) is 11.8. The smallest absolute Gasteiger partial charge is 0.224 e. The van der Waals surface area contributed by atoms with Gasteiger partial charge in [0.2, 0.25) is 5.28 Å². The Kier molecular flexibility index (Phi) is 3.47. The minimum Gasteiger partial charge on any atom is -0.337 e. The summed E-state index contributed by atoms with van der Waals surface area (Å²) in [5.74, 6) is 0.649. The number of nitrogens with zero attached hydrogens (tertiary/aromatic N) is 4. The lowest BCUT2D eigenvalue weighted by molar-refractivity contribution is 0.789. The number of fused-ring (bicyclic) bond motifs is 1. The van der Waals surface area contributed by atoms with Crippen LogP contribution in [-0.2, 0) is 7.05 Å². The van der Waals surface area contributed by atoms with Gasteiger partial charge in [-0.25, -0.2) is 9.67 Å². The van der Waals surface area contributed by atoms with Crippen molar-refractivity contribution in [3.63, 3.8) is 0 Å². The molecule has 5 nitrogen and oxygen atoms in total. The summed E-state index contributed by atoms with van der Waals surface area (Å²) in [7, 11) is 1.81. The lowest BCUT2D eigenvalue weighted by Crippen LogP contribution is -1.96. The number of hydrogen-bond acceptors (Lipinski definition) is 4. The van der Waals surface area contributed by atoms with Crippen molar-refractivity contribution in [3.05, 3.63) is 39.8 Å². The van der Waals surface area contributed by atoms with E-state index in [9.17, 15) is 0 Å². The van der Waals surface area contributed by atoms with Crippen molar-refractivity contribution in [1.29, 1.82) is 0 Å². The third-order valence-corrected chi connectivity index (χ3v) is 3.89. The molecule has 0 radical (unpaired) electrons. The van der Waals surface area contributed by atoms with E-state index >= 15 is 0 Å². The molecule has 0 bridgehead atoms. The fourth-order valence-corrected chi connectivity index (χ4v) is 2.56. The first kappa shape index (κ1) is 14.1. The van der Waals surface area contributed by atoms with Crippen molar-refractivity contribution in [2.24, 2.45) is 7.05 Å². The highest BCUT2D eigenvalue weighted by atomic mass is 35.5. The molecule has 0 unspecified atom stereocenters. The van der Waals surface area contributed by atoms with Gasteiger partial charge in [-0.15, -0.1) is 0 Å². The predicted molar refractivity (Wildman–Crippen MR) is 85.5 cm³/mol. The van der Waals surface area contributed by atoms with E-state index < -0.39 is 0 Å². The molecular weight excluding hydrogens is 309 g/mol. The maximum absolute atomic E-state index is 6.35. The predicted octanol–water partition coefficient (Wildman–Crippen LogP) is 4.03. The van der Waals surface area contributed by atoms with Gasteiger partial charge in [0.15, 0.2) is 11.5 Å². The van der Waals surface area contributed by atoms with Gasteiger partial charge in [-0.1, -0.05) is 17.7 Å². The number of halogens is 2. The van der Waals surface area contributed by atoms with Crippen LogP contribution in [0.5, 0.6) is 0 Å². The summed E-state index contributed by atoms with van der Waals surface area (Å²) in [5, 5.41) is 9.32. The summed E-state index contributed by atoms with van der Waals surface area (Å²) in [4.78, 5) is 8.19. The molecule has 3 rings (SSSR count). The average Bonchev–Trinajstić information content (AvgIpc) is 2.72. The summed E-state index contributed by atoms with van der Waals surface area (Å²) >= 11 is 12.2. The van der Waals surface area contributed by atoms with Crippen LogP contribution < -0.4 is 5.32 Å². The lowest BCUT2D eigenvalue weighted by Gasteiger charge is -2.09. The molecule has 1 N–H and O–H groups in total. The quantitative estimate of drug-likeness (QED) is 0.724. The molecular formula is C14H13Cl2N5. The summed E-state index contributed by atoms with van der Waals surface area (Å²) in [6.07, 6.45) is 1.65. The Labute approximate surface area is 131 Å². The molecule has 2 heterocycles. The zero-order valence-corrected chi connectivity index (χ0v) is 13.3. The molecule has 0 aliphatic rings. The molecule has 0 spiro atoms. The summed E-state index contributed by atoms with van der Waals surface area (Å²) in [5.41, 5.74) is 3.61. The molecule has 7 heteroatoms. The molecule has 0 saturated carbocycles. The van der Waals surface area contributed by atoms with Crippen molar-refractivity contribution >= 4 is 45.7 Å². The van der Waals surface area contributed by atoms with Gasteiger partial charge in [0.05, 0.1) is 16.1 Å². The van der Waals surface area contributed by atoms with E-state index in [-0.39, 0.29) is 5.28 Å². The van der Waals surface area contributed by atoms with Crippen molar-refractivity contribution < 1.29 is 0 Å². The number of aromatic nitrogens is 4. The Morgan fingerprint density at radius 2 is 1.95 bits per heavy atom. The number of anilines is 2. The van der Waals surface area contributed by atoms with Crippen LogP contribution in [0.1, 0.15) is 11.1 Å². The highest BCUT2D eigenvalue weighted by molar-refractivity contribution is 6.34. The van der Waals surface area contributed by atoms with Gasteiger partial charge in [0, 0.05) is 13.2 Å². The SMILES string of the molecule is Cc1cc(C)c(Cl)c(Nc2nn(C)c3nc(Cl)ncc23)c1. The van der Waals surface area contributed by atoms with E-state index in [0.29, 0.717) is 16.5 Å². The van der Waals surface area contributed by atoms with E-state index in [1.165, 1.54) is 0 Å². The van der Waals surface area contributed by atoms with E-state index in [1.54, 1.807) is 17.9 Å². The van der Waals surface area contributed by atoms with Crippen LogP contribution in [0, 0.1) is 13.8 Å². The second kappa shape index (κ2) is 5.16. The first-order valence-electron chi connectivity index (χ1n) is 6.34. The molecule has 1 aromatic carbocycles. The van der Waals surface area contributed by atoms with Crippen LogP contribution in [0.4, 0.5) is 11.5 Å². The topological polar surface area (TPSA) is 55.6 Å². The standard InChI is InChI=1S/C14H13Cl2N5/c1-7-4-8(2)11(15)10(5-7)18-12-9-6-17-14(16)19-13(9)21(3)20-12/h4-6H,1-3H3,(H,18,20). The molecule has 0 fully saturated rings. The Balaban J connectivity index is 2.11. The van der Waals surface area contributed by atoms with E-state index in [0.717, 1.165) is 22.2 Å². The lowest BCUT2D eigenvalue weighted by atomic mass is 10.1. The number of aryl methyl sites for hydroxylation is 3. The molecule has 2 aromatic heterocycles. The molecule has 3 aromatic rings. The van der Waals surface area contributed by atoms with Crippen LogP contribution in [0.25, 0.3) is 11.0 Å². The van der Waals surface area contributed by atoms with E-state index in [1.807, 2.05) is 26.0 Å². The zero-order chi connectivity index (χ0) is 15.1. The maximum atomic E-state index is 6.35. The molecule has 21 heavy (non-hydrogen) atoms. The van der Waals surface area contributed by atoms with Crippen molar-refractivity contribution in [1.82, 2.24) is 19.7 Å². The fourth-order valence-electron chi connectivity index (χ4n) is 2.28. The number of benzene rings is 1. The molecule has 0 atom stereocenters. The molecule has 108 valence electrons. The van der Waals surface area contributed by atoms with Gasteiger partial charge in [0.1, 0.15) is 0 Å². The Morgan fingerprint density at radius 1 is 1.19 bits per heavy atom. The van der Waals surface area contributed by atoms with Crippen LogP contribution in [0.3, 0.4) is 0 Å². The van der Waals surface area contributed by atoms with Gasteiger partial charge in [-0.3, -0.25) is 0 Å². The van der Waals surface area contributed by atoms with Gasteiger partial charge in [0.25, 0.3) is 0 Å². The number of hydrogen-bond donors (Lipinski definition) is 1. The minimum atomic E-state index is 0.196. The minimum absolute atomic E-state index is 0.196. The second-order valence-electron chi connectivity index (χ2n) is 4.92. The van der Waals surface area contributed by atoms with Crippen molar-refractivity contribution in [2.75, 3.05) is 5.32 Å². The highest BCUT2D eigenvalue weighted by Crippen LogP contribution is 2.31. The largest absolute Gasteiger partial charge is 0.337 e. The Hall–Kier alpha value is -1.85.